The number of carbonyl (C=O) groups is 2. The van der Waals surface area contributed by atoms with Gasteiger partial charge in [0, 0.05) is 25.3 Å². The molecule has 32 heavy (non-hydrogen) atoms. The number of ether oxygens (including phenoxy) is 1. The zero-order valence-corrected chi connectivity index (χ0v) is 18.6. The van der Waals surface area contributed by atoms with E-state index in [0.717, 1.165) is 50.5 Å². The summed E-state index contributed by atoms with van der Waals surface area (Å²) in [5, 5.41) is 17.2. The predicted molar refractivity (Wildman–Crippen MR) is 120 cm³/mol. The van der Waals surface area contributed by atoms with Gasteiger partial charge in [0.05, 0.1) is 18.6 Å². The average Bonchev–Trinajstić information content (AvgIpc) is 3.23. The van der Waals surface area contributed by atoms with E-state index >= 15 is 0 Å². The van der Waals surface area contributed by atoms with Crippen LogP contribution in [0.15, 0.2) is 30.2 Å². The van der Waals surface area contributed by atoms with E-state index in [1.807, 2.05) is 13.0 Å². The Bertz CT molecular complexity index is 881. The lowest BCUT2D eigenvalue weighted by atomic mass is 10.1. The van der Waals surface area contributed by atoms with Gasteiger partial charge < -0.3 is 25.2 Å². The fourth-order valence-corrected chi connectivity index (χ4v) is 4.14. The molecule has 2 N–H and O–H groups in total. The zero-order valence-electron chi connectivity index (χ0n) is 18.6. The second kappa shape index (κ2) is 10.8. The summed E-state index contributed by atoms with van der Waals surface area (Å²) in [6, 6.07) is 4.67. The van der Waals surface area contributed by atoms with Gasteiger partial charge >= 0.3 is 0 Å². The van der Waals surface area contributed by atoms with Crippen LogP contribution >= 0.6 is 0 Å². The molecule has 0 saturated carbocycles. The number of anilines is 1. The van der Waals surface area contributed by atoms with Crippen LogP contribution in [0, 0.1) is 17.0 Å². The number of rotatable bonds is 8. The minimum absolute atomic E-state index is 0.0376. The topological polar surface area (TPSA) is 117 Å². The summed E-state index contributed by atoms with van der Waals surface area (Å²) in [5.41, 5.74) is 1.50. The Hall–Kier alpha value is -3.30. The molecule has 174 valence electrons. The van der Waals surface area contributed by atoms with E-state index in [1.54, 1.807) is 29.0 Å². The summed E-state index contributed by atoms with van der Waals surface area (Å²) in [7, 11) is 1.58. The molecule has 0 unspecified atom stereocenters. The first-order valence-corrected chi connectivity index (χ1v) is 11.0. The van der Waals surface area contributed by atoms with E-state index in [0.29, 0.717) is 24.4 Å². The number of carbonyl (C=O) groups excluding carboxylic acids is 2. The highest BCUT2D eigenvalue weighted by Gasteiger charge is 2.30. The van der Waals surface area contributed by atoms with E-state index in [-0.39, 0.29) is 24.2 Å². The zero-order chi connectivity index (χ0) is 23.1. The predicted octanol–water partition coefficient (Wildman–Crippen LogP) is 2.08. The first-order valence-electron chi connectivity index (χ1n) is 11.0. The standard InChI is InChI=1S/C22H31N5O5/c1-16-13-17(8-9-19(16)32-2)23-20(14-27(30)31)24-18-7-3-4-12-26(22(18)29)15-21(28)25-10-5-6-11-25/h8-9,13-14,18,23-24H,3-7,10-12,15H2,1-2H3/b20-14-/t18-/m0/s1. The fraction of sp³-hybridized carbons (Fsp3) is 0.545. The average molecular weight is 446 g/mol. The van der Waals surface area contributed by atoms with Crippen molar-refractivity contribution >= 4 is 17.5 Å². The van der Waals surface area contributed by atoms with Gasteiger partial charge in [0.15, 0.2) is 5.82 Å². The molecular formula is C22H31N5O5. The van der Waals surface area contributed by atoms with Gasteiger partial charge in [-0.3, -0.25) is 19.7 Å². The van der Waals surface area contributed by atoms with Gasteiger partial charge in [0.1, 0.15) is 11.8 Å². The lowest BCUT2D eigenvalue weighted by Gasteiger charge is -2.27. The van der Waals surface area contributed by atoms with Crippen molar-refractivity contribution in [2.75, 3.05) is 38.6 Å². The highest BCUT2D eigenvalue weighted by molar-refractivity contribution is 5.88. The number of likely N-dealkylation sites (tertiary alicyclic amines) is 2. The largest absolute Gasteiger partial charge is 0.496 e. The summed E-state index contributed by atoms with van der Waals surface area (Å²) in [4.78, 5) is 39.7. The number of benzene rings is 1. The third-order valence-corrected chi connectivity index (χ3v) is 5.80. The van der Waals surface area contributed by atoms with Crippen LogP contribution in [0.25, 0.3) is 0 Å². The third kappa shape index (κ3) is 6.12. The minimum Gasteiger partial charge on any atom is -0.496 e. The molecule has 1 aromatic carbocycles. The quantitative estimate of drug-likeness (QED) is 0.465. The van der Waals surface area contributed by atoms with E-state index in [2.05, 4.69) is 10.6 Å². The maximum atomic E-state index is 13.2. The maximum absolute atomic E-state index is 13.2. The molecule has 0 radical (unpaired) electrons. The molecule has 3 rings (SSSR count). The summed E-state index contributed by atoms with van der Waals surface area (Å²) < 4.78 is 5.25. The number of hydrogen-bond acceptors (Lipinski definition) is 7. The van der Waals surface area contributed by atoms with Crippen molar-refractivity contribution in [2.24, 2.45) is 0 Å². The van der Waals surface area contributed by atoms with Crippen LogP contribution in [0.1, 0.15) is 37.7 Å². The molecule has 2 saturated heterocycles. The third-order valence-electron chi connectivity index (χ3n) is 5.80. The number of nitrogens with one attached hydrogen (secondary N) is 2. The smallest absolute Gasteiger partial charge is 0.274 e. The van der Waals surface area contributed by atoms with Crippen LogP contribution in [0.5, 0.6) is 5.75 Å². The molecular weight excluding hydrogens is 414 g/mol. The Morgan fingerprint density at radius 3 is 2.62 bits per heavy atom. The van der Waals surface area contributed by atoms with Crippen molar-refractivity contribution in [1.82, 2.24) is 15.1 Å². The number of amides is 2. The number of aryl methyl sites for hydroxylation is 1. The Morgan fingerprint density at radius 1 is 1.25 bits per heavy atom. The highest BCUT2D eigenvalue weighted by atomic mass is 16.6. The van der Waals surface area contributed by atoms with E-state index < -0.39 is 11.0 Å². The van der Waals surface area contributed by atoms with E-state index in [9.17, 15) is 19.7 Å². The van der Waals surface area contributed by atoms with Crippen molar-refractivity contribution in [3.8, 4) is 5.75 Å². The summed E-state index contributed by atoms with van der Waals surface area (Å²) >= 11 is 0. The van der Waals surface area contributed by atoms with Crippen LogP contribution in [0.4, 0.5) is 5.69 Å². The summed E-state index contributed by atoms with van der Waals surface area (Å²) in [6.07, 6.45) is 4.91. The monoisotopic (exact) mass is 445 g/mol. The highest BCUT2D eigenvalue weighted by Crippen LogP contribution is 2.22. The Balaban J connectivity index is 1.71. The summed E-state index contributed by atoms with van der Waals surface area (Å²) in [6.45, 7) is 3.91. The molecule has 2 aliphatic heterocycles. The summed E-state index contributed by atoms with van der Waals surface area (Å²) in [5.74, 6) is 0.576. The first kappa shape index (κ1) is 23.4. The van der Waals surface area contributed by atoms with Crippen molar-refractivity contribution in [3.05, 3.63) is 45.9 Å². The molecule has 10 heteroatoms. The molecule has 2 aliphatic rings. The SMILES string of the molecule is COc1ccc(N/C(=C/[N+](=O)[O-])N[C@H]2CCCCN(CC(=O)N3CCCC3)C2=O)cc1C. The number of nitro groups is 1. The molecule has 2 amide bonds. The van der Waals surface area contributed by atoms with Crippen molar-refractivity contribution < 1.29 is 19.2 Å². The second-order valence-corrected chi connectivity index (χ2v) is 8.18. The molecule has 2 heterocycles. The molecule has 0 spiro atoms. The number of methoxy groups -OCH3 is 1. The van der Waals surface area contributed by atoms with E-state index in [4.69, 9.17) is 4.74 Å². The molecule has 0 aromatic heterocycles. The van der Waals surface area contributed by atoms with Gasteiger partial charge in [-0.15, -0.1) is 0 Å². The van der Waals surface area contributed by atoms with Crippen molar-refractivity contribution in [1.29, 1.82) is 0 Å². The molecule has 0 aliphatic carbocycles. The van der Waals surface area contributed by atoms with Gasteiger partial charge in [0.2, 0.25) is 11.8 Å². The number of hydrogen-bond donors (Lipinski definition) is 2. The minimum atomic E-state index is -0.651. The Labute approximate surface area is 187 Å². The lowest BCUT2D eigenvalue weighted by Crippen LogP contribution is -2.49. The Kier molecular flexibility index (Phi) is 7.91. The van der Waals surface area contributed by atoms with Crippen LogP contribution < -0.4 is 15.4 Å². The first-order chi connectivity index (χ1) is 15.4. The van der Waals surface area contributed by atoms with Crippen LogP contribution in [-0.4, -0.2) is 65.9 Å². The maximum Gasteiger partial charge on any atom is 0.274 e. The van der Waals surface area contributed by atoms with E-state index in [1.165, 1.54) is 0 Å². The normalized spacial score (nSPS) is 19.5. The van der Waals surface area contributed by atoms with Gasteiger partial charge in [-0.05, 0) is 62.8 Å². The van der Waals surface area contributed by atoms with Crippen LogP contribution in [0.3, 0.4) is 0 Å². The molecule has 10 nitrogen and oxygen atoms in total. The van der Waals surface area contributed by atoms with Gasteiger partial charge in [-0.2, -0.15) is 0 Å². The molecule has 0 bridgehead atoms. The molecule has 1 aromatic rings. The van der Waals surface area contributed by atoms with Gasteiger partial charge in [0.25, 0.3) is 6.20 Å². The second-order valence-electron chi connectivity index (χ2n) is 8.18. The fourth-order valence-electron chi connectivity index (χ4n) is 4.14. The molecule has 2 fully saturated rings. The van der Waals surface area contributed by atoms with Gasteiger partial charge in [-0.25, -0.2) is 0 Å². The van der Waals surface area contributed by atoms with Crippen molar-refractivity contribution in [2.45, 2.75) is 45.1 Å². The Morgan fingerprint density at radius 2 is 1.97 bits per heavy atom. The van der Waals surface area contributed by atoms with Crippen molar-refractivity contribution in [3.63, 3.8) is 0 Å². The number of nitrogens with zero attached hydrogens (tertiary/aromatic N) is 3. The van der Waals surface area contributed by atoms with Crippen LogP contribution in [0.2, 0.25) is 0 Å². The van der Waals surface area contributed by atoms with Gasteiger partial charge in [-0.1, -0.05) is 0 Å². The van der Waals surface area contributed by atoms with Crippen LogP contribution in [-0.2, 0) is 9.59 Å². The lowest BCUT2D eigenvalue weighted by molar-refractivity contribution is -0.403. The molecule has 1 atom stereocenters.